The van der Waals surface area contributed by atoms with Gasteiger partial charge in [0.25, 0.3) is 5.91 Å². The molecule has 1 amide bonds. The first kappa shape index (κ1) is 15.7. The summed E-state index contributed by atoms with van der Waals surface area (Å²) in [5, 5.41) is 16.4. The van der Waals surface area contributed by atoms with Crippen molar-refractivity contribution in [2.75, 3.05) is 0 Å². The number of nitrogens with one attached hydrogen (secondary N) is 1. The molecule has 3 aromatic rings. The largest absolute Gasteiger partial charge is 0.507 e. The van der Waals surface area contributed by atoms with Crippen LogP contribution in [0, 0.1) is 6.92 Å². The fourth-order valence-corrected chi connectivity index (χ4v) is 2.64. The lowest BCUT2D eigenvalue weighted by molar-refractivity contribution is 0.0952. The Balaban J connectivity index is 1.88. The number of fused-ring (bicyclic) bond motifs is 1. The summed E-state index contributed by atoms with van der Waals surface area (Å²) in [5.41, 5.74) is 5.04. The molecule has 0 fully saturated rings. The van der Waals surface area contributed by atoms with Crippen LogP contribution in [-0.2, 0) is 0 Å². The third-order valence-corrected chi connectivity index (χ3v) is 3.99. The van der Waals surface area contributed by atoms with Gasteiger partial charge in [0.15, 0.2) is 0 Å². The standard InChI is InChI=1S/C20H18N2O2/c1-13-7-5-12-18(19(13)23)20(24)22-21-14(2)16-11-6-9-15-8-3-4-10-17(15)16/h3-12,23H,1-2H3,(H,22,24). The lowest BCUT2D eigenvalue weighted by atomic mass is 10.0. The van der Waals surface area contributed by atoms with Crippen molar-refractivity contribution >= 4 is 22.4 Å². The molecule has 0 aliphatic heterocycles. The monoisotopic (exact) mass is 318 g/mol. The van der Waals surface area contributed by atoms with Crippen LogP contribution in [0.5, 0.6) is 5.75 Å². The Morgan fingerprint density at radius 1 is 0.958 bits per heavy atom. The van der Waals surface area contributed by atoms with E-state index in [-0.39, 0.29) is 11.3 Å². The number of phenols is 1. The van der Waals surface area contributed by atoms with Crippen LogP contribution in [0.3, 0.4) is 0 Å². The number of nitrogens with zero attached hydrogens (tertiary/aromatic N) is 1. The van der Waals surface area contributed by atoms with Gasteiger partial charge in [0.2, 0.25) is 0 Å². The molecule has 0 radical (unpaired) electrons. The number of phenolic OH excluding ortho intramolecular Hbond substituents is 1. The molecular weight excluding hydrogens is 300 g/mol. The number of rotatable bonds is 3. The average molecular weight is 318 g/mol. The second kappa shape index (κ2) is 6.54. The van der Waals surface area contributed by atoms with Crippen LogP contribution in [0.1, 0.15) is 28.4 Å². The summed E-state index contributed by atoms with van der Waals surface area (Å²) < 4.78 is 0. The number of aryl methyl sites for hydroxylation is 1. The maximum Gasteiger partial charge on any atom is 0.275 e. The molecule has 0 saturated heterocycles. The summed E-state index contributed by atoms with van der Waals surface area (Å²) in [6.07, 6.45) is 0. The van der Waals surface area contributed by atoms with Gasteiger partial charge >= 0.3 is 0 Å². The number of hydrogen-bond donors (Lipinski definition) is 2. The number of carbonyl (C=O) groups excluding carboxylic acids is 1. The molecule has 0 saturated carbocycles. The minimum absolute atomic E-state index is 0.0204. The maximum absolute atomic E-state index is 12.2. The molecule has 3 rings (SSSR count). The van der Waals surface area contributed by atoms with Crippen molar-refractivity contribution in [1.82, 2.24) is 5.43 Å². The van der Waals surface area contributed by atoms with E-state index in [0.29, 0.717) is 11.3 Å². The lowest BCUT2D eigenvalue weighted by Crippen LogP contribution is -2.19. The van der Waals surface area contributed by atoms with Crippen LogP contribution >= 0.6 is 0 Å². The molecule has 0 bridgehead atoms. The van der Waals surface area contributed by atoms with Crippen molar-refractivity contribution < 1.29 is 9.90 Å². The molecule has 4 heteroatoms. The third kappa shape index (κ3) is 2.99. The van der Waals surface area contributed by atoms with Gasteiger partial charge in [-0.15, -0.1) is 0 Å². The fourth-order valence-electron chi connectivity index (χ4n) is 2.64. The maximum atomic E-state index is 12.2. The molecule has 0 atom stereocenters. The highest BCUT2D eigenvalue weighted by atomic mass is 16.3. The summed E-state index contributed by atoms with van der Waals surface area (Å²) in [6, 6.07) is 19.0. The van der Waals surface area contributed by atoms with Gasteiger partial charge in [-0.1, -0.05) is 54.6 Å². The normalized spacial score (nSPS) is 11.5. The Kier molecular flexibility index (Phi) is 4.29. The second-order valence-corrected chi connectivity index (χ2v) is 5.64. The molecule has 0 spiro atoms. The van der Waals surface area contributed by atoms with Gasteiger partial charge in [-0.05, 0) is 36.2 Å². The van der Waals surface area contributed by atoms with Gasteiger partial charge in [-0.3, -0.25) is 4.79 Å². The van der Waals surface area contributed by atoms with E-state index >= 15 is 0 Å². The Bertz CT molecular complexity index is 940. The smallest absolute Gasteiger partial charge is 0.275 e. The predicted octanol–water partition coefficient (Wildman–Crippen LogP) is 4.01. The van der Waals surface area contributed by atoms with Crippen LogP contribution in [-0.4, -0.2) is 16.7 Å². The van der Waals surface area contributed by atoms with E-state index in [2.05, 4.69) is 10.5 Å². The molecular formula is C20H18N2O2. The number of para-hydroxylation sites is 1. The third-order valence-electron chi connectivity index (χ3n) is 3.99. The highest BCUT2D eigenvalue weighted by Crippen LogP contribution is 2.21. The van der Waals surface area contributed by atoms with Gasteiger partial charge in [0.05, 0.1) is 11.3 Å². The Morgan fingerprint density at radius 2 is 1.62 bits per heavy atom. The van der Waals surface area contributed by atoms with Crippen molar-refractivity contribution in [3.8, 4) is 5.75 Å². The number of aromatic hydroxyl groups is 1. The molecule has 3 aromatic carbocycles. The van der Waals surface area contributed by atoms with Gasteiger partial charge in [0.1, 0.15) is 5.75 Å². The predicted molar refractivity (Wildman–Crippen MR) is 96.5 cm³/mol. The molecule has 0 unspecified atom stereocenters. The van der Waals surface area contributed by atoms with E-state index in [9.17, 15) is 9.90 Å². The molecule has 24 heavy (non-hydrogen) atoms. The Hall–Kier alpha value is -3.14. The summed E-state index contributed by atoms with van der Waals surface area (Å²) in [6.45, 7) is 3.59. The van der Waals surface area contributed by atoms with E-state index in [1.807, 2.05) is 49.4 Å². The SMILES string of the molecule is CC(=NNC(=O)c1cccc(C)c1O)c1cccc2ccccc12. The van der Waals surface area contributed by atoms with Crippen LogP contribution in [0.2, 0.25) is 0 Å². The summed E-state index contributed by atoms with van der Waals surface area (Å²) in [7, 11) is 0. The Labute approximate surface area is 140 Å². The van der Waals surface area contributed by atoms with E-state index in [0.717, 1.165) is 16.3 Å². The van der Waals surface area contributed by atoms with Crippen LogP contribution < -0.4 is 5.43 Å². The zero-order chi connectivity index (χ0) is 17.1. The van der Waals surface area contributed by atoms with Crippen molar-refractivity contribution in [2.45, 2.75) is 13.8 Å². The Morgan fingerprint density at radius 3 is 2.46 bits per heavy atom. The average Bonchev–Trinajstić information content (AvgIpc) is 2.61. The number of benzene rings is 3. The van der Waals surface area contributed by atoms with Gasteiger partial charge in [-0.2, -0.15) is 5.10 Å². The molecule has 2 N–H and O–H groups in total. The van der Waals surface area contributed by atoms with Crippen LogP contribution in [0.4, 0.5) is 0 Å². The molecule has 120 valence electrons. The van der Waals surface area contributed by atoms with E-state index in [1.54, 1.807) is 25.1 Å². The minimum atomic E-state index is -0.434. The van der Waals surface area contributed by atoms with Gasteiger partial charge in [0, 0.05) is 5.56 Å². The summed E-state index contributed by atoms with van der Waals surface area (Å²) in [4.78, 5) is 12.2. The number of hydrazone groups is 1. The summed E-state index contributed by atoms with van der Waals surface area (Å²) in [5.74, 6) is -0.455. The molecule has 0 aliphatic rings. The minimum Gasteiger partial charge on any atom is -0.507 e. The van der Waals surface area contributed by atoms with Crippen molar-refractivity contribution in [3.05, 3.63) is 77.4 Å². The van der Waals surface area contributed by atoms with Gasteiger partial charge in [-0.25, -0.2) is 5.43 Å². The molecule has 0 heterocycles. The zero-order valence-corrected chi connectivity index (χ0v) is 13.6. The lowest BCUT2D eigenvalue weighted by Gasteiger charge is -2.08. The van der Waals surface area contributed by atoms with Gasteiger partial charge < -0.3 is 5.11 Å². The van der Waals surface area contributed by atoms with E-state index in [4.69, 9.17) is 0 Å². The van der Waals surface area contributed by atoms with E-state index < -0.39 is 5.91 Å². The molecule has 4 nitrogen and oxygen atoms in total. The quantitative estimate of drug-likeness (QED) is 0.566. The van der Waals surface area contributed by atoms with Crippen molar-refractivity contribution in [3.63, 3.8) is 0 Å². The highest BCUT2D eigenvalue weighted by Gasteiger charge is 2.12. The topological polar surface area (TPSA) is 61.7 Å². The van der Waals surface area contributed by atoms with Crippen LogP contribution in [0.25, 0.3) is 10.8 Å². The zero-order valence-electron chi connectivity index (χ0n) is 13.6. The first-order chi connectivity index (χ1) is 11.6. The number of amides is 1. The second-order valence-electron chi connectivity index (χ2n) is 5.64. The fraction of sp³-hybridized carbons (Fsp3) is 0.100. The first-order valence-corrected chi connectivity index (χ1v) is 7.69. The van der Waals surface area contributed by atoms with E-state index in [1.165, 1.54) is 0 Å². The molecule has 0 aliphatic carbocycles. The number of hydrogen-bond acceptors (Lipinski definition) is 3. The van der Waals surface area contributed by atoms with Crippen LogP contribution in [0.15, 0.2) is 65.8 Å². The molecule has 0 aromatic heterocycles. The van der Waals surface area contributed by atoms with Crippen molar-refractivity contribution in [1.29, 1.82) is 0 Å². The highest BCUT2D eigenvalue weighted by molar-refractivity contribution is 6.10. The van der Waals surface area contributed by atoms with Crippen molar-refractivity contribution in [2.24, 2.45) is 5.10 Å². The first-order valence-electron chi connectivity index (χ1n) is 7.69. The number of carbonyl (C=O) groups is 1. The summed E-state index contributed by atoms with van der Waals surface area (Å²) >= 11 is 0.